The number of carbonyl (C=O) groups excluding carboxylic acids is 1. The first-order valence-corrected chi connectivity index (χ1v) is 7.15. The average molecular weight is 299 g/mol. The molecule has 3 rings (SSSR count). The Morgan fingerprint density at radius 1 is 1.32 bits per heavy atom. The second-order valence-electron chi connectivity index (χ2n) is 5.66. The Labute approximate surface area is 127 Å². The normalized spacial score (nSPS) is 15.3. The molecular formula is C16H17N3O3. The zero-order valence-corrected chi connectivity index (χ0v) is 12.2. The predicted molar refractivity (Wildman–Crippen MR) is 79.9 cm³/mol. The van der Waals surface area contributed by atoms with Gasteiger partial charge in [-0.2, -0.15) is 5.10 Å². The van der Waals surface area contributed by atoms with E-state index in [0.717, 1.165) is 11.4 Å². The highest BCUT2D eigenvalue weighted by atomic mass is 16.4. The molecule has 114 valence electrons. The number of amides is 1. The van der Waals surface area contributed by atoms with E-state index in [1.165, 1.54) is 6.20 Å². The molecule has 1 heterocycles. The van der Waals surface area contributed by atoms with Gasteiger partial charge in [0, 0.05) is 6.54 Å². The Kier molecular flexibility index (Phi) is 3.44. The van der Waals surface area contributed by atoms with Gasteiger partial charge in [-0.25, -0.2) is 4.68 Å². The molecule has 1 aromatic heterocycles. The summed E-state index contributed by atoms with van der Waals surface area (Å²) in [5.74, 6) is -1.13. The number of aliphatic carboxylic acids is 1. The van der Waals surface area contributed by atoms with Gasteiger partial charge in [0.1, 0.15) is 0 Å². The highest BCUT2D eigenvalue weighted by molar-refractivity contribution is 5.95. The maximum absolute atomic E-state index is 12.2. The minimum Gasteiger partial charge on any atom is -0.481 e. The summed E-state index contributed by atoms with van der Waals surface area (Å²) in [6, 6.07) is 9.54. The van der Waals surface area contributed by atoms with Crippen molar-refractivity contribution < 1.29 is 14.7 Å². The molecule has 6 nitrogen and oxygen atoms in total. The molecule has 22 heavy (non-hydrogen) atoms. The molecule has 0 saturated heterocycles. The van der Waals surface area contributed by atoms with E-state index in [1.54, 1.807) is 4.68 Å². The van der Waals surface area contributed by atoms with Crippen LogP contribution in [-0.2, 0) is 4.79 Å². The summed E-state index contributed by atoms with van der Waals surface area (Å²) in [6.45, 7) is 1.98. The Bertz CT molecular complexity index is 717. The average Bonchev–Trinajstić information content (AvgIpc) is 3.22. The SMILES string of the molecule is Cc1c(C(=O)NCC2(C(=O)O)CC2)cnn1-c1ccccc1. The third kappa shape index (κ3) is 2.47. The number of hydrogen-bond acceptors (Lipinski definition) is 3. The lowest BCUT2D eigenvalue weighted by Gasteiger charge is -2.11. The molecule has 0 unspecified atom stereocenters. The lowest BCUT2D eigenvalue weighted by molar-refractivity contribution is -0.143. The first-order valence-electron chi connectivity index (χ1n) is 7.15. The Balaban J connectivity index is 1.74. The molecule has 1 fully saturated rings. The fourth-order valence-corrected chi connectivity index (χ4v) is 2.42. The minimum atomic E-state index is -0.843. The van der Waals surface area contributed by atoms with E-state index in [2.05, 4.69) is 10.4 Å². The number of para-hydroxylation sites is 1. The first-order chi connectivity index (χ1) is 10.5. The summed E-state index contributed by atoms with van der Waals surface area (Å²) < 4.78 is 1.69. The van der Waals surface area contributed by atoms with Crippen molar-refractivity contribution in [2.45, 2.75) is 19.8 Å². The second-order valence-corrected chi connectivity index (χ2v) is 5.66. The molecule has 0 radical (unpaired) electrons. The fraction of sp³-hybridized carbons (Fsp3) is 0.312. The van der Waals surface area contributed by atoms with Crippen molar-refractivity contribution in [3.63, 3.8) is 0 Å². The Morgan fingerprint density at radius 2 is 2.00 bits per heavy atom. The highest BCUT2D eigenvalue weighted by Crippen LogP contribution is 2.45. The molecule has 1 aromatic carbocycles. The molecule has 6 heteroatoms. The number of carboxylic acids is 1. The number of benzene rings is 1. The number of nitrogens with one attached hydrogen (secondary N) is 1. The standard InChI is InChI=1S/C16H17N3O3/c1-11-13(9-18-19(11)12-5-3-2-4-6-12)14(20)17-10-16(7-8-16)15(21)22/h2-6,9H,7-8,10H2,1H3,(H,17,20)(H,21,22). The van der Waals surface area contributed by atoms with E-state index in [1.807, 2.05) is 37.3 Å². The third-order valence-electron chi connectivity index (χ3n) is 4.15. The topological polar surface area (TPSA) is 84.2 Å². The first kappa shape index (κ1) is 14.3. The van der Waals surface area contributed by atoms with Crippen molar-refractivity contribution in [3.8, 4) is 5.69 Å². The van der Waals surface area contributed by atoms with Crippen LogP contribution in [0.2, 0.25) is 0 Å². The van der Waals surface area contributed by atoms with E-state index >= 15 is 0 Å². The Morgan fingerprint density at radius 3 is 2.59 bits per heavy atom. The highest BCUT2D eigenvalue weighted by Gasteiger charge is 2.50. The summed E-state index contributed by atoms with van der Waals surface area (Å²) in [5.41, 5.74) is 1.30. The van der Waals surface area contributed by atoms with Gasteiger partial charge in [-0.1, -0.05) is 18.2 Å². The van der Waals surface area contributed by atoms with E-state index in [0.29, 0.717) is 18.4 Å². The van der Waals surface area contributed by atoms with E-state index in [4.69, 9.17) is 5.11 Å². The van der Waals surface area contributed by atoms with Gasteiger partial charge in [-0.15, -0.1) is 0 Å². The molecular weight excluding hydrogens is 282 g/mol. The summed E-state index contributed by atoms with van der Waals surface area (Å²) >= 11 is 0. The third-order valence-corrected chi connectivity index (χ3v) is 4.15. The maximum Gasteiger partial charge on any atom is 0.311 e. The van der Waals surface area contributed by atoms with Gasteiger partial charge in [-0.05, 0) is 31.9 Å². The van der Waals surface area contributed by atoms with Gasteiger partial charge in [0.05, 0.1) is 28.6 Å². The van der Waals surface area contributed by atoms with Crippen LogP contribution in [-0.4, -0.2) is 33.3 Å². The van der Waals surface area contributed by atoms with Gasteiger partial charge >= 0.3 is 5.97 Å². The monoisotopic (exact) mass is 299 g/mol. The van der Waals surface area contributed by atoms with E-state index < -0.39 is 11.4 Å². The quantitative estimate of drug-likeness (QED) is 0.881. The van der Waals surface area contributed by atoms with Crippen LogP contribution >= 0.6 is 0 Å². The van der Waals surface area contributed by atoms with Crippen molar-refractivity contribution in [2.24, 2.45) is 5.41 Å². The van der Waals surface area contributed by atoms with Crippen molar-refractivity contribution in [1.82, 2.24) is 15.1 Å². The molecule has 1 aliphatic carbocycles. The molecule has 0 aliphatic heterocycles. The zero-order chi connectivity index (χ0) is 15.7. The fourth-order valence-electron chi connectivity index (χ4n) is 2.42. The lowest BCUT2D eigenvalue weighted by Crippen LogP contribution is -2.34. The van der Waals surface area contributed by atoms with Crippen LogP contribution in [0.4, 0.5) is 0 Å². The summed E-state index contributed by atoms with van der Waals surface area (Å²) in [4.78, 5) is 23.4. The molecule has 0 spiro atoms. The van der Waals surface area contributed by atoms with E-state index in [9.17, 15) is 9.59 Å². The van der Waals surface area contributed by atoms with Gasteiger partial charge in [-0.3, -0.25) is 9.59 Å². The summed E-state index contributed by atoms with van der Waals surface area (Å²) in [5, 5.41) is 16.1. The number of carbonyl (C=O) groups is 2. The van der Waals surface area contributed by atoms with Crippen LogP contribution in [0.5, 0.6) is 0 Å². The summed E-state index contributed by atoms with van der Waals surface area (Å²) in [7, 11) is 0. The van der Waals surface area contributed by atoms with Gasteiger partial charge in [0.15, 0.2) is 0 Å². The lowest BCUT2D eigenvalue weighted by atomic mass is 10.1. The predicted octanol–water partition coefficient (Wildman–Crippen LogP) is 1.78. The maximum atomic E-state index is 12.2. The summed E-state index contributed by atoms with van der Waals surface area (Å²) in [6.07, 6.45) is 2.74. The van der Waals surface area contributed by atoms with Crippen LogP contribution in [0.15, 0.2) is 36.5 Å². The molecule has 1 aliphatic rings. The largest absolute Gasteiger partial charge is 0.481 e. The van der Waals surface area contributed by atoms with Gasteiger partial charge in [0.2, 0.25) is 0 Å². The minimum absolute atomic E-state index is 0.164. The number of hydrogen-bond donors (Lipinski definition) is 2. The second kappa shape index (κ2) is 5.29. The number of rotatable bonds is 5. The Hall–Kier alpha value is -2.63. The van der Waals surface area contributed by atoms with Crippen molar-refractivity contribution >= 4 is 11.9 Å². The van der Waals surface area contributed by atoms with Crippen molar-refractivity contribution in [1.29, 1.82) is 0 Å². The van der Waals surface area contributed by atoms with Crippen LogP contribution in [0.1, 0.15) is 28.9 Å². The zero-order valence-electron chi connectivity index (χ0n) is 12.2. The molecule has 1 amide bonds. The number of aromatic nitrogens is 2. The van der Waals surface area contributed by atoms with Crippen LogP contribution in [0, 0.1) is 12.3 Å². The van der Waals surface area contributed by atoms with Crippen molar-refractivity contribution in [2.75, 3.05) is 6.54 Å². The molecule has 2 N–H and O–H groups in total. The smallest absolute Gasteiger partial charge is 0.311 e. The van der Waals surface area contributed by atoms with Gasteiger partial charge < -0.3 is 10.4 Å². The number of nitrogens with zero attached hydrogens (tertiary/aromatic N) is 2. The van der Waals surface area contributed by atoms with E-state index in [-0.39, 0.29) is 12.5 Å². The number of carboxylic acid groups (broad SMARTS) is 1. The van der Waals surface area contributed by atoms with Crippen LogP contribution in [0.25, 0.3) is 5.69 Å². The molecule has 2 aromatic rings. The molecule has 1 saturated carbocycles. The molecule has 0 atom stereocenters. The van der Waals surface area contributed by atoms with Crippen LogP contribution in [0.3, 0.4) is 0 Å². The van der Waals surface area contributed by atoms with Crippen LogP contribution < -0.4 is 5.32 Å². The molecule has 0 bridgehead atoms. The van der Waals surface area contributed by atoms with Gasteiger partial charge in [0.25, 0.3) is 5.91 Å². The van der Waals surface area contributed by atoms with Crippen molar-refractivity contribution in [3.05, 3.63) is 47.8 Å².